The summed E-state index contributed by atoms with van der Waals surface area (Å²) in [5, 5.41) is 0.736. The Labute approximate surface area is 90.2 Å². The Morgan fingerprint density at radius 2 is 2.08 bits per heavy atom. The molecule has 1 aromatic carbocycles. The van der Waals surface area contributed by atoms with Crippen molar-refractivity contribution in [2.75, 3.05) is 0 Å². The van der Waals surface area contributed by atoms with Crippen molar-refractivity contribution in [1.82, 2.24) is 0 Å². The quantitative estimate of drug-likeness (QED) is 0.699. The van der Waals surface area contributed by atoms with Crippen LogP contribution in [0.4, 0.5) is 0 Å². The smallest absolute Gasteiger partial charge is 0.137 e. The van der Waals surface area contributed by atoms with Crippen LogP contribution in [0.5, 0.6) is 0 Å². The van der Waals surface area contributed by atoms with Crippen molar-refractivity contribution in [2.45, 2.75) is 19.3 Å². The van der Waals surface area contributed by atoms with E-state index in [-0.39, 0.29) is 0 Å². The predicted octanol–water partition coefficient (Wildman–Crippen LogP) is 3.16. The van der Waals surface area contributed by atoms with Crippen molar-refractivity contribution in [3.8, 4) is 0 Å². The summed E-state index contributed by atoms with van der Waals surface area (Å²) in [6.45, 7) is 0. The van der Waals surface area contributed by atoms with Crippen molar-refractivity contribution in [3.63, 3.8) is 0 Å². The maximum atomic E-state index is 11.2. The summed E-state index contributed by atoms with van der Waals surface area (Å²) in [5.41, 5.74) is 2.32. The molecule has 0 saturated carbocycles. The van der Waals surface area contributed by atoms with Crippen LogP contribution in [0.1, 0.15) is 17.5 Å². The third-order valence-corrected chi connectivity index (χ3v) is 3.23. The number of aryl methyl sites for hydroxylation is 1. The fraction of sp³-hybridized carbons (Fsp3) is 0.300. The second kappa shape index (κ2) is 3.43. The molecule has 0 heterocycles. The van der Waals surface area contributed by atoms with Crippen molar-refractivity contribution >= 4 is 33.3 Å². The number of ketones is 1. The molecular weight excluding hydrogens is 251 g/mol. The molecule has 3 heteroatoms. The second-order valence-electron chi connectivity index (χ2n) is 3.24. The van der Waals surface area contributed by atoms with Crippen molar-refractivity contribution in [3.05, 3.63) is 32.8 Å². The summed E-state index contributed by atoms with van der Waals surface area (Å²) in [7, 11) is 0. The number of hydrogen-bond acceptors (Lipinski definition) is 1. The maximum absolute atomic E-state index is 11.2. The Morgan fingerprint density at radius 1 is 1.31 bits per heavy atom. The van der Waals surface area contributed by atoms with Crippen molar-refractivity contribution in [2.24, 2.45) is 0 Å². The number of carbonyl (C=O) groups excluding carboxylic acids is 1. The highest BCUT2D eigenvalue weighted by Gasteiger charge is 2.18. The normalized spacial score (nSPS) is 15.7. The van der Waals surface area contributed by atoms with Gasteiger partial charge in [0.05, 0.1) is 0 Å². The van der Waals surface area contributed by atoms with E-state index in [0.29, 0.717) is 18.6 Å². The standard InChI is InChI=1S/C10H8BrClO/c11-10-4-7(12)3-6-1-2-8(13)5-9(6)10/h3-4H,1-2,5H2. The van der Waals surface area contributed by atoms with E-state index in [0.717, 1.165) is 21.5 Å². The average Bonchev–Trinajstić information content (AvgIpc) is 2.06. The zero-order chi connectivity index (χ0) is 9.42. The molecule has 68 valence electrons. The van der Waals surface area contributed by atoms with Crippen LogP contribution in [0.15, 0.2) is 16.6 Å². The van der Waals surface area contributed by atoms with Crippen LogP contribution in [-0.4, -0.2) is 5.78 Å². The first-order valence-corrected chi connectivity index (χ1v) is 5.32. The van der Waals surface area contributed by atoms with Crippen molar-refractivity contribution in [1.29, 1.82) is 0 Å². The van der Waals surface area contributed by atoms with Crippen LogP contribution in [-0.2, 0) is 17.6 Å². The molecule has 0 spiro atoms. The van der Waals surface area contributed by atoms with E-state index in [4.69, 9.17) is 11.6 Å². The minimum absolute atomic E-state index is 0.315. The molecule has 0 atom stereocenters. The highest BCUT2D eigenvalue weighted by atomic mass is 79.9. The molecule has 2 rings (SSSR count). The number of hydrogen-bond donors (Lipinski definition) is 0. The molecule has 0 aliphatic heterocycles. The van der Waals surface area contributed by atoms with E-state index in [9.17, 15) is 4.79 Å². The first-order valence-electron chi connectivity index (χ1n) is 4.15. The van der Waals surface area contributed by atoms with E-state index in [2.05, 4.69) is 15.9 Å². The van der Waals surface area contributed by atoms with Crippen LogP contribution >= 0.6 is 27.5 Å². The lowest BCUT2D eigenvalue weighted by Gasteiger charge is -2.16. The summed E-state index contributed by atoms with van der Waals surface area (Å²) in [6, 6.07) is 3.80. The monoisotopic (exact) mass is 258 g/mol. The molecule has 0 bridgehead atoms. The molecule has 0 N–H and O–H groups in total. The zero-order valence-corrected chi connectivity index (χ0v) is 9.28. The lowest BCUT2D eigenvalue weighted by atomic mass is 9.91. The molecule has 0 radical (unpaired) electrons. The largest absolute Gasteiger partial charge is 0.299 e. The lowest BCUT2D eigenvalue weighted by molar-refractivity contribution is -0.118. The van der Waals surface area contributed by atoms with Crippen LogP contribution in [0.3, 0.4) is 0 Å². The molecule has 1 aliphatic rings. The minimum atomic E-state index is 0.315. The number of benzene rings is 1. The van der Waals surface area contributed by atoms with Crippen LogP contribution in [0, 0.1) is 0 Å². The molecule has 1 aliphatic carbocycles. The first-order chi connectivity index (χ1) is 6.16. The summed E-state index contributed by atoms with van der Waals surface area (Å²) in [5.74, 6) is 0.315. The molecule has 0 unspecified atom stereocenters. The molecule has 0 aromatic heterocycles. The highest BCUT2D eigenvalue weighted by molar-refractivity contribution is 9.10. The van der Waals surface area contributed by atoms with Crippen LogP contribution in [0.2, 0.25) is 5.02 Å². The van der Waals surface area contributed by atoms with Gasteiger partial charge in [-0.05, 0) is 29.7 Å². The van der Waals surface area contributed by atoms with Gasteiger partial charge < -0.3 is 0 Å². The van der Waals surface area contributed by atoms with Gasteiger partial charge in [-0.15, -0.1) is 0 Å². The Kier molecular flexibility index (Phi) is 2.43. The van der Waals surface area contributed by atoms with Gasteiger partial charge in [-0.25, -0.2) is 0 Å². The average molecular weight is 260 g/mol. The van der Waals surface area contributed by atoms with Gasteiger partial charge in [-0.3, -0.25) is 4.79 Å². The van der Waals surface area contributed by atoms with Gasteiger partial charge in [-0.2, -0.15) is 0 Å². The third-order valence-electron chi connectivity index (χ3n) is 2.30. The molecule has 1 aromatic rings. The Bertz CT molecular complexity index is 373. The molecule has 13 heavy (non-hydrogen) atoms. The third kappa shape index (κ3) is 1.79. The fourth-order valence-corrected chi connectivity index (χ4v) is 2.65. The number of rotatable bonds is 0. The molecule has 0 amide bonds. The Hall–Kier alpha value is -0.340. The highest BCUT2D eigenvalue weighted by Crippen LogP contribution is 2.30. The molecule has 0 fully saturated rings. The number of halogens is 2. The Morgan fingerprint density at radius 3 is 2.85 bits per heavy atom. The van der Waals surface area contributed by atoms with Gasteiger partial charge in [-0.1, -0.05) is 27.5 Å². The van der Waals surface area contributed by atoms with Gasteiger partial charge in [0.1, 0.15) is 5.78 Å². The van der Waals surface area contributed by atoms with Crippen LogP contribution < -0.4 is 0 Å². The van der Waals surface area contributed by atoms with E-state index >= 15 is 0 Å². The summed E-state index contributed by atoms with van der Waals surface area (Å²) in [4.78, 5) is 11.2. The summed E-state index contributed by atoms with van der Waals surface area (Å²) >= 11 is 9.33. The van der Waals surface area contributed by atoms with E-state index in [1.54, 1.807) is 0 Å². The maximum Gasteiger partial charge on any atom is 0.137 e. The summed E-state index contributed by atoms with van der Waals surface area (Å²) < 4.78 is 0.961. The summed E-state index contributed by atoms with van der Waals surface area (Å²) in [6.07, 6.45) is 2.03. The SMILES string of the molecule is O=C1CCc2cc(Cl)cc(Br)c2C1. The van der Waals surface area contributed by atoms with Gasteiger partial charge in [0.25, 0.3) is 0 Å². The van der Waals surface area contributed by atoms with Crippen LogP contribution in [0.25, 0.3) is 0 Å². The predicted molar refractivity (Wildman–Crippen MR) is 56.2 cm³/mol. The first kappa shape index (κ1) is 9.22. The molecular formula is C10H8BrClO. The number of Topliss-reactive ketones (excluding diaryl/α,β-unsaturated/α-hetero) is 1. The zero-order valence-electron chi connectivity index (χ0n) is 6.94. The lowest BCUT2D eigenvalue weighted by Crippen LogP contribution is -2.13. The number of fused-ring (bicyclic) bond motifs is 1. The molecule has 1 nitrogen and oxygen atoms in total. The van der Waals surface area contributed by atoms with Gasteiger partial charge in [0, 0.05) is 22.3 Å². The fourth-order valence-electron chi connectivity index (χ4n) is 1.64. The van der Waals surface area contributed by atoms with E-state index in [1.165, 1.54) is 5.56 Å². The van der Waals surface area contributed by atoms with Gasteiger partial charge in [0.15, 0.2) is 0 Å². The molecule has 0 saturated heterocycles. The topological polar surface area (TPSA) is 17.1 Å². The minimum Gasteiger partial charge on any atom is -0.299 e. The van der Waals surface area contributed by atoms with Gasteiger partial charge >= 0.3 is 0 Å². The van der Waals surface area contributed by atoms with E-state index < -0.39 is 0 Å². The van der Waals surface area contributed by atoms with Crippen molar-refractivity contribution < 1.29 is 4.79 Å². The van der Waals surface area contributed by atoms with Gasteiger partial charge in [0.2, 0.25) is 0 Å². The van der Waals surface area contributed by atoms with E-state index in [1.807, 2.05) is 12.1 Å². The number of carbonyl (C=O) groups is 1. The second-order valence-corrected chi connectivity index (χ2v) is 4.53. The Balaban J connectivity index is 2.53.